The Morgan fingerprint density at radius 2 is 0.588 bits per heavy atom. The topological polar surface area (TPSA) is 51.8 Å². The summed E-state index contributed by atoms with van der Waals surface area (Å²) in [7, 11) is 0. The predicted octanol–water partition coefficient (Wildman–Crippen LogP) is 19.9. The first-order valence-electron chi connectivity index (χ1n) is 29.3. The highest BCUT2D eigenvalue weighted by Gasteiger charge is 2.53. The average molecular weight is 1080 g/mol. The van der Waals surface area contributed by atoms with Crippen molar-refractivity contribution in [2.75, 3.05) is 0 Å². The third-order valence-corrected chi connectivity index (χ3v) is 19.2. The molecule has 85 heavy (non-hydrogen) atoms. The molecule has 4 aliphatic rings. The lowest BCUT2D eigenvalue weighted by atomic mass is 9.70. The molecule has 2 spiro atoms. The van der Waals surface area contributed by atoms with Gasteiger partial charge < -0.3 is 4.42 Å². The SMILES string of the molecule is c1cc(-c2cccc(-c3cccc4c3oc3ccc5ccccc5c34)c2)cc(-c2nc(-c3ccc4c(c3)C3(c5ccccc5-c5ccccc53)c3ccccc3-4)nc(-c3ccc4c(c3)C3(c5ccccc5-c5ccccc53)c3ccccc3-4)n2)c1. The van der Waals surface area contributed by atoms with Gasteiger partial charge in [0.1, 0.15) is 11.2 Å². The van der Waals surface area contributed by atoms with Crippen molar-refractivity contribution in [2.45, 2.75) is 10.8 Å². The van der Waals surface area contributed by atoms with Gasteiger partial charge in [0, 0.05) is 33.0 Å². The van der Waals surface area contributed by atoms with Gasteiger partial charge in [-0.25, -0.2) is 15.0 Å². The van der Waals surface area contributed by atoms with Crippen LogP contribution < -0.4 is 0 Å². The molecular weight excluding hydrogens is 1030 g/mol. The van der Waals surface area contributed by atoms with Gasteiger partial charge in [0.25, 0.3) is 0 Å². The molecule has 0 radical (unpaired) electrons. The summed E-state index contributed by atoms with van der Waals surface area (Å²) in [6.45, 7) is 0. The van der Waals surface area contributed by atoms with Gasteiger partial charge in [-0.05, 0) is 147 Å². The molecule has 4 aliphatic carbocycles. The molecule has 2 heterocycles. The van der Waals surface area contributed by atoms with Crippen LogP contribution in [0.1, 0.15) is 44.5 Å². The van der Waals surface area contributed by atoms with E-state index < -0.39 is 10.8 Å². The maximum atomic E-state index is 6.74. The van der Waals surface area contributed by atoms with Crippen LogP contribution in [0, 0.1) is 0 Å². The molecule has 19 rings (SSSR count). The van der Waals surface area contributed by atoms with Crippen molar-refractivity contribution in [3.8, 4) is 101 Å². The highest BCUT2D eigenvalue weighted by Crippen LogP contribution is 2.65. The molecule has 4 nitrogen and oxygen atoms in total. The molecule has 0 atom stereocenters. The molecular formula is C81H47N3O. The van der Waals surface area contributed by atoms with Crippen LogP contribution in [0.2, 0.25) is 0 Å². The molecule has 2 aromatic heterocycles. The van der Waals surface area contributed by atoms with Gasteiger partial charge in [-0.3, -0.25) is 0 Å². The van der Waals surface area contributed by atoms with Gasteiger partial charge in [0.15, 0.2) is 17.5 Å². The number of benzene rings is 13. The lowest BCUT2D eigenvalue weighted by molar-refractivity contribution is 0.670. The Kier molecular flexibility index (Phi) is 9.44. The molecule has 0 amide bonds. The molecule has 0 bridgehead atoms. The first-order chi connectivity index (χ1) is 42.1. The molecule has 0 saturated heterocycles. The Hall–Kier alpha value is -11.1. The zero-order valence-electron chi connectivity index (χ0n) is 45.9. The van der Waals surface area contributed by atoms with Crippen molar-refractivity contribution in [3.63, 3.8) is 0 Å². The fourth-order valence-electron chi connectivity index (χ4n) is 15.7. The number of para-hydroxylation sites is 1. The second kappa shape index (κ2) is 17.2. The van der Waals surface area contributed by atoms with Gasteiger partial charge in [0.05, 0.1) is 10.8 Å². The highest BCUT2D eigenvalue weighted by molar-refractivity contribution is 6.20. The summed E-state index contributed by atoms with van der Waals surface area (Å²) in [4.78, 5) is 16.7. The molecule has 0 unspecified atom stereocenters. The minimum absolute atomic E-state index is 0.530. The van der Waals surface area contributed by atoms with Crippen molar-refractivity contribution in [1.82, 2.24) is 15.0 Å². The van der Waals surface area contributed by atoms with Crippen LogP contribution in [0.25, 0.3) is 134 Å². The Morgan fingerprint density at radius 1 is 0.235 bits per heavy atom. The van der Waals surface area contributed by atoms with E-state index in [1.807, 2.05) is 0 Å². The zero-order chi connectivity index (χ0) is 55.5. The zero-order valence-corrected chi connectivity index (χ0v) is 45.9. The summed E-state index contributed by atoms with van der Waals surface area (Å²) < 4.78 is 6.74. The van der Waals surface area contributed by atoms with Crippen LogP contribution >= 0.6 is 0 Å². The monoisotopic (exact) mass is 1080 g/mol. The van der Waals surface area contributed by atoms with E-state index in [-0.39, 0.29) is 0 Å². The van der Waals surface area contributed by atoms with E-state index in [9.17, 15) is 0 Å². The van der Waals surface area contributed by atoms with Gasteiger partial charge in [-0.2, -0.15) is 0 Å². The van der Waals surface area contributed by atoms with Crippen LogP contribution in [-0.2, 0) is 10.8 Å². The maximum Gasteiger partial charge on any atom is 0.164 e. The Labute approximate surface area is 490 Å². The molecule has 0 saturated carbocycles. The number of aromatic nitrogens is 3. The Balaban J connectivity index is 0.804. The first kappa shape index (κ1) is 46.5. The van der Waals surface area contributed by atoms with E-state index in [1.54, 1.807) is 0 Å². The average Bonchev–Trinajstić information content (AvgIpc) is 1.57. The molecule has 0 fully saturated rings. The highest BCUT2D eigenvalue weighted by atomic mass is 16.3. The van der Waals surface area contributed by atoms with Crippen molar-refractivity contribution >= 4 is 32.7 Å². The summed E-state index contributed by atoms with van der Waals surface area (Å²) in [5.41, 5.74) is 28.0. The smallest absolute Gasteiger partial charge is 0.164 e. The predicted molar refractivity (Wildman–Crippen MR) is 344 cm³/mol. The van der Waals surface area contributed by atoms with E-state index in [0.717, 1.165) is 60.9 Å². The number of fused-ring (bicyclic) bond motifs is 25. The van der Waals surface area contributed by atoms with Crippen LogP contribution in [0.15, 0.2) is 290 Å². The van der Waals surface area contributed by atoms with E-state index >= 15 is 0 Å². The van der Waals surface area contributed by atoms with E-state index in [2.05, 4.69) is 285 Å². The lowest BCUT2D eigenvalue weighted by Crippen LogP contribution is -2.26. The minimum atomic E-state index is -0.530. The number of furan rings is 1. The molecule has 15 aromatic rings. The second-order valence-electron chi connectivity index (χ2n) is 23.2. The Bertz CT molecular complexity index is 5070. The van der Waals surface area contributed by atoms with Crippen molar-refractivity contribution in [2.24, 2.45) is 0 Å². The third-order valence-electron chi connectivity index (χ3n) is 19.2. The van der Waals surface area contributed by atoms with E-state index in [4.69, 9.17) is 19.4 Å². The summed E-state index contributed by atoms with van der Waals surface area (Å²) in [5, 5.41) is 4.65. The van der Waals surface area contributed by atoms with Gasteiger partial charge in [0.2, 0.25) is 0 Å². The van der Waals surface area contributed by atoms with E-state index in [0.29, 0.717) is 17.5 Å². The molecule has 0 aliphatic heterocycles. The maximum absolute atomic E-state index is 6.74. The van der Waals surface area contributed by atoms with Crippen LogP contribution in [0.5, 0.6) is 0 Å². The largest absolute Gasteiger partial charge is 0.455 e. The minimum Gasteiger partial charge on any atom is -0.455 e. The number of hydrogen-bond acceptors (Lipinski definition) is 4. The molecule has 392 valence electrons. The molecule has 4 heteroatoms. The summed E-state index contributed by atoms with van der Waals surface area (Å²) in [5.74, 6) is 1.83. The number of rotatable bonds is 5. The van der Waals surface area contributed by atoms with Crippen molar-refractivity contribution in [3.05, 3.63) is 330 Å². The molecule has 0 N–H and O–H groups in total. The normalized spacial score (nSPS) is 13.8. The lowest BCUT2D eigenvalue weighted by Gasteiger charge is -2.30. The van der Waals surface area contributed by atoms with Gasteiger partial charge in [-0.15, -0.1) is 0 Å². The van der Waals surface area contributed by atoms with Crippen LogP contribution in [-0.4, -0.2) is 15.0 Å². The second-order valence-corrected chi connectivity index (χ2v) is 23.2. The Morgan fingerprint density at radius 3 is 1.07 bits per heavy atom. The molecule has 13 aromatic carbocycles. The van der Waals surface area contributed by atoms with Gasteiger partial charge >= 0.3 is 0 Å². The number of nitrogens with zero attached hydrogens (tertiary/aromatic N) is 3. The summed E-state index contributed by atoms with van der Waals surface area (Å²) in [6.07, 6.45) is 0. The van der Waals surface area contributed by atoms with Gasteiger partial charge in [-0.1, -0.05) is 255 Å². The quantitative estimate of drug-likeness (QED) is 0.172. The van der Waals surface area contributed by atoms with Crippen LogP contribution in [0.3, 0.4) is 0 Å². The fourth-order valence-corrected chi connectivity index (χ4v) is 15.7. The third kappa shape index (κ3) is 6.22. The van der Waals surface area contributed by atoms with Crippen molar-refractivity contribution < 1.29 is 4.42 Å². The van der Waals surface area contributed by atoms with Crippen molar-refractivity contribution in [1.29, 1.82) is 0 Å². The van der Waals surface area contributed by atoms with E-state index in [1.165, 1.54) is 99.8 Å². The summed E-state index contributed by atoms with van der Waals surface area (Å²) >= 11 is 0. The standard InChI is InChI=1S/C81H47N3O/c1-2-23-55-48(18-1)40-43-74-75(55)65-31-17-30-56(76(65)85-74)51-21-15-19-49(44-51)50-20-16-22-52(45-50)77-82-78(53-38-41-63-61-28-7-13-36-70(61)80(72(63)46-53)66-32-9-3-24-57(66)58-25-4-10-33-67(58)80)84-79(83-77)54-39-42-64-62-29-8-14-37-71(62)81(73(64)47-54)68-34-11-5-26-59(68)60-27-6-12-35-69(60)81/h1-47H. The fraction of sp³-hybridized carbons (Fsp3) is 0.0247. The first-order valence-corrected chi connectivity index (χ1v) is 29.3. The summed E-state index contributed by atoms with van der Waals surface area (Å²) in [6, 6.07) is 104. The number of hydrogen-bond donors (Lipinski definition) is 0. The van der Waals surface area contributed by atoms with Crippen LogP contribution in [0.4, 0.5) is 0 Å².